The van der Waals surface area contributed by atoms with Crippen molar-refractivity contribution in [3.63, 3.8) is 0 Å². The number of aryl methyl sites for hydroxylation is 1. The molecule has 0 radical (unpaired) electrons. The highest BCUT2D eigenvalue weighted by Gasteiger charge is 1.96. The van der Waals surface area contributed by atoms with E-state index in [1.54, 1.807) is 4.68 Å². The molecule has 1 aromatic carbocycles. The molecule has 2 aromatic rings. The smallest absolute Gasteiger partial charge is 0.214 e. The van der Waals surface area contributed by atoms with Gasteiger partial charge in [-0.15, -0.1) is 0 Å². The van der Waals surface area contributed by atoms with E-state index in [1.807, 2.05) is 31.2 Å². The third-order valence-electron chi connectivity index (χ3n) is 2.32. The van der Waals surface area contributed by atoms with Gasteiger partial charge >= 0.3 is 0 Å². The molecule has 88 valence electrons. The average molecular weight is 246 g/mol. The zero-order valence-corrected chi connectivity index (χ0v) is 10.4. The third-order valence-corrected chi connectivity index (χ3v) is 2.59. The van der Waals surface area contributed by atoms with Crippen LogP contribution in [-0.2, 0) is 0 Å². The number of H-pyrrole nitrogens is 1. The van der Waals surface area contributed by atoms with Gasteiger partial charge < -0.3 is 5.43 Å². The molecule has 0 saturated heterocycles. The fourth-order valence-corrected chi connectivity index (χ4v) is 1.71. The van der Waals surface area contributed by atoms with Gasteiger partial charge in [-0.3, -0.25) is 5.10 Å². The van der Waals surface area contributed by atoms with Crippen molar-refractivity contribution in [1.29, 1.82) is 0 Å². The number of nitrogens with zero attached hydrogens (tertiary/aromatic N) is 2. The molecule has 0 amide bonds. The Bertz CT molecular complexity index is 553. The Morgan fingerprint density at radius 3 is 2.82 bits per heavy atom. The normalized spacial score (nSPS) is 10.9. The molecule has 2 rings (SSSR count). The predicted octanol–water partition coefficient (Wildman–Crippen LogP) is 2.51. The zero-order chi connectivity index (χ0) is 12.1. The van der Waals surface area contributed by atoms with Gasteiger partial charge in [0.15, 0.2) is 0 Å². The standard InChI is InChI=1S/C12H14N4S/c1-10-14-15-12(17)16(10)13-9-5-8-11-6-3-2-4-7-11/h2-8,13H,9H2,1H3,(H,15,17). The van der Waals surface area contributed by atoms with Gasteiger partial charge in [0, 0.05) is 6.54 Å². The first-order chi connectivity index (χ1) is 8.27. The van der Waals surface area contributed by atoms with Crippen LogP contribution in [0.25, 0.3) is 6.08 Å². The summed E-state index contributed by atoms with van der Waals surface area (Å²) in [7, 11) is 0. The minimum Gasteiger partial charge on any atom is -0.318 e. The molecule has 0 aliphatic heterocycles. The van der Waals surface area contributed by atoms with Gasteiger partial charge in [-0.05, 0) is 24.7 Å². The number of aromatic nitrogens is 3. The van der Waals surface area contributed by atoms with Gasteiger partial charge in [0.1, 0.15) is 5.82 Å². The average Bonchev–Trinajstić information content (AvgIpc) is 2.67. The van der Waals surface area contributed by atoms with Crippen molar-refractivity contribution in [2.24, 2.45) is 0 Å². The SMILES string of the molecule is Cc1n[nH]c(=S)n1NCC=Cc1ccccc1. The summed E-state index contributed by atoms with van der Waals surface area (Å²) in [6.45, 7) is 2.59. The summed E-state index contributed by atoms with van der Waals surface area (Å²) in [6.07, 6.45) is 4.11. The van der Waals surface area contributed by atoms with E-state index < -0.39 is 0 Å². The van der Waals surface area contributed by atoms with Gasteiger partial charge in [0.05, 0.1) is 0 Å². The molecule has 0 saturated carbocycles. The monoisotopic (exact) mass is 246 g/mol. The van der Waals surface area contributed by atoms with Crippen molar-refractivity contribution in [1.82, 2.24) is 14.9 Å². The van der Waals surface area contributed by atoms with E-state index in [-0.39, 0.29) is 0 Å². The van der Waals surface area contributed by atoms with E-state index >= 15 is 0 Å². The first-order valence-corrected chi connectivity index (χ1v) is 5.77. The molecule has 0 atom stereocenters. The van der Waals surface area contributed by atoms with Crippen LogP contribution in [0.2, 0.25) is 0 Å². The molecule has 2 N–H and O–H groups in total. The molecule has 4 nitrogen and oxygen atoms in total. The number of rotatable bonds is 4. The van der Waals surface area contributed by atoms with E-state index in [0.29, 0.717) is 11.3 Å². The Hall–Kier alpha value is -1.88. The lowest BCUT2D eigenvalue weighted by Crippen LogP contribution is -2.16. The van der Waals surface area contributed by atoms with E-state index in [0.717, 1.165) is 5.82 Å². The van der Waals surface area contributed by atoms with Crippen LogP contribution in [0.1, 0.15) is 11.4 Å². The summed E-state index contributed by atoms with van der Waals surface area (Å²) in [5, 5.41) is 6.74. The van der Waals surface area contributed by atoms with Crippen LogP contribution in [0.5, 0.6) is 0 Å². The first kappa shape index (κ1) is 11.6. The molecule has 0 aliphatic rings. The maximum absolute atomic E-state index is 5.07. The number of benzene rings is 1. The molecule has 0 spiro atoms. The van der Waals surface area contributed by atoms with Crippen LogP contribution in [-0.4, -0.2) is 21.4 Å². The minimum absolute atomic E-state index is 0.579. The number of aromatic amines is 1. The van der Waals surface area contributed by atoms with Crippen molar-refractivity contribution in [3.8, 4) is 0 Å². The molecule has 17 heavy (non-hydrogen) atoms. The van der Waals surface area contributed by atoms with Gasteiger partial charge in [0.25, 0.3) is 0 Å². The van der Waals surface area contributed by atoms with Crippen molar-refractivity contribution < 1.29 is 0 Å². The summed E-state index contributed by atoms with van der Waals surface area (Å²) in [4.78, 5) is 0. The van der Waals surface area contributed by atoms with Crippen LogP contribution >= 0.6 is 12.2 Å². The molecule has 0 aliphatic carbocycles. The Kier molecular flexibility index (Phi) is 3.72. The maximum atomic E-state index is 5.07. The van der Waals surface area contributed by atoms with Crippen molar-refractivity contribution >= 4 is 18.3 Å². The largest absolute Gasteiger partial charge is 0.318 e. The summed E-state index contributed by atoms with van der Waals surface area (Å²) in [5.74, 6) is 0.822. The second-order valence-corrected chi connectivity index (χ2v) is 3.97. The topological polar surface area (TPSA) is 45.6 Å². The van der Waals surface area contributed by atoms with E-state index in [1.165, 1.54) is 5.56 Å². The Labute approximate surface area is 105 Å². The third kappa shape index (κ3) is 3.04. The Balaban J connectivity index is 1.92. The minimum atomic E-state index is 0.579. The quantitative estimate of drug-likeness (QED) is 0.815. The van der Waals surface area contributed by atoms with E-state index in [4.69, 9.17) is 12.2 Å². The lowest BCUT2D eigenvalue weighted by Gasteiger charge is -2.04. The lowest BCUT2D eigenvalue weighted by atomic mass is 10.2. The van der Waals surface area contributed by atoms with Crippen LogP contribution in [0.15, 0.2) is 36.4 Å². The molecule has 0 unspecified atom stereocenters. The first-order valence-electron chi connectivity index (χ1n) is 5.37. The van der Waals surface area contributed by atoms with Crippen molar-refractivity contribution in [2.75, 3.05) is 12.0 Å². The summed E-state index contributed by atoms with van der Waals surface area (Å²) < 4.78 is 2.33. The summed E-state index contributed by atoms with van der Waals surface area (Å²) >= 11 is 5.07. The summed E-state index contributed by atoms with van der Waals surface area (Å²) in [5.41, 5.74) is 4.35. The van der Waals surface area contributed by atoms with Gasteiger partial charge in [-0.2, -0.15) is 5.10 Å². The second kappa shape index (κ2) is 5.45. The van der Waals surface area contributed by atoms with E-state index in [9.17, 15) is 0 Å². The van der Waals surface area contributed by atoms with Crippen LogP contribution in [0, 0.1) is 11.7 Å². The van der Waals surface area contributed by atoms with Crippen LogP contribution in [0.4, 0.5) is 0 Å². The molecular formula is C12H14N4S. The highest BCUT2D eigenvalue weighted by atomic mass is 32.1. The molecule has 0 fully saturated rings. The fraction of sp³-hybridized carbons (Fsp3) is 0.167. The van der Waals surface area contributed by atoms with Crippen molar-refractivity contribution in [3.05, 3.63) is 52.6 Å². The Morgan fingerprint density at radius 2 is 2.18 bits per heavy atom. The predicted molar refractivity (Wildman–Crippen MR) is 71.9 cm³/mol. The molecule has 5 heteroatoms. The number of nitrogens with one attached hydrogen (secondary N) is 2. The fourth-order valence-electron chi connectivity index (χ4n) is 1.47. The van der Waals surface area contributed by atoms with E-state index in [2.05, 4.69) is 33.8 Å². The molecule has 1 heterocycles. The van der Waals surface area contributed by atoms with Crippen LogP contribution in [0.3, 0.4) is 0 Å². The number of hydrogen-bond acceptors (Lipinski definition) is 3. The maximum Gasteiger partial charge on any atom is 0.214 e. The van der Waals surface area contributed by atoms with Gasteiger partial charge in [-0.25, -0.2) is 4.68 Å². The molecule has 0 bridgehead atoms. The molecule has 1 aromatic heterocycles. The highest BCUT2D eigenvalue weighted by molar-refractivity contribution is 7.71. The van der Waals surface area contributed by atoms with Gasteiger partial charge in [0.2, 0.25) is 4.77 Å². The van der Waals surface area contributed by atoms with Gasteiger partial charge in [-0.1, -0.05) is 42.5 Å². The zero-order valence-electron chi connectivity index (χ0n) is 9.55. The highest BCUT2D eigenvalue weighted by Crippen LogP contribution is 2.00. The molecular weight excluding hydrogens is 232 g/mol. The number of hydrogen-bond donors (Lipinski definition) is 2. The second-order valence-electron chi connectivity index (χ2n) is 3.59. The summed E-state index contributed by atoms with van der Waals surface area (Å²) in [6, 6.07) is 10.2. The van der Waals surface area contributed by atoms with Crippen molar-refractivity contribution in [2.45, 2.75) is 6.92 Å². The van der Waals surface area contributed by atoms with Crippen LogP contribution < -0.4 is 5.43 Å². The lowest BCUT2D eigenvalue weighted by molar-refractivity contribution is 0.832. The Morgan fingerprint density at radius 1 is 1.41 bits per heavy atom.